The van der Waals surface area contributed by atoms with E-state index in [1.807, 2.05) is 0 Å². The van der Waals surface area contributed by atoms with Crippen LogP contribution < -0.4 is 14.8 Å². The van der Waals surface area contributed by atoms with Crippen LogP contribution in [-0.4, -0.2) is 77.9 Å². The van der Waals surface area contributed by atoms with Gasteiger partial charge in [0.15, 0.2) is 11.5 Å². The summed E-state index contributed by atoms with van der Waals surface area (Å²) in [6.07, 6.45) is -1.41. The second-order valence-electron chi connectivity index (χ2n) is 6.91. The maximum atomic E-state index is 13.3. The monoisotopic (exact) mass is 512 g/mol. The number of hydrogen-bond donors (Lipinski definition) is 2. The number of likely N-dealkylation sites (tertiary alicyclic amines) is 1. The van der Waals surface area contributed by atoms with Crippen molar-refractivity contribution in [1.82, 2.24) is 4.90 Å². The van der Waals surface area contributed by atoms with Gasteiger partial charge >= 0.3 is 12.1 Å². The molecule has 1 saturated heterocycles. The van der Waals surface area contributed by atoms with Crippen LogP contribution in [0.5, 0.6) is 11.5 Å². The maximum Gasteiger partial charge on any atom is 0.411 e. The highest BCUT2D eigenvalue weighted by Crippen LogP contribution is 2.36. The minimum Gasteiger partial charge on any atom is -0.493 e. The molecule has 1 aliphatic heterocycles. The topological polar surface area (TPSA) is 124 Å². The number of nitrogens with zero attached hydrogens (tertiary/aromatic N) is 1. The fourth-order valence-corrected chi connectivity index (χ4v) is 3.34. The van der Waals surface area contributed by atoms with E-state index in [9.17, 15) is 19.5 Å². The Balaban J connectivity index is 2.43. The lowest BCUT2D eigenvalue weighted by Gasteiger charge is -2.25. The summed E-state index contributed by atoms with van der Waals surface area (Å²) in [5.74, 6) is -1.13. The summed E-state index contributed by atoms with van der Waals surface area (Å²) < 4.78 is 18.5. The average Bonchev–Trinajstić information content (AvgIpc) is 3.05. The Morgan fingerprint density at radius 3 is 2.47 bits per heavy atom. The van der Waals surface area contributed by atoms with Crippen molar-refractivity contribution in [2.24, 2.45) is 0 Å². The van der Waals surface area contributed by atoms with Gasteiger partial charge in [-0.1, -0.05) is 34.8 Å². The van der Waals surface area contributed by atoms with E-state index in [0.717, 1.165) is 0 Å². The number of carbonyl (C=O) groups excluding carboxylic acids is 3. The number of aliphatic hydroxyl groups is 1. The Morgan fingerprint density at radius 1 is 1.22 bits per heavy atom. The highest BCUT2D eigenvalue weighted by Gasteiger charge is 2.36. The zero-order valence-electron chi connectivity index (χ0n) is 17.5. The fourth-order valence-electron chi connectivity index (χ4n) is 3.17. The largest absolute Gasteiger partial charge is 0.493 e. The maximum absolute atomic E-state index is 13.3. The number of alkyl halides is 3. The number of ether oxygens (including phenoxy) is 4. The van der Waals surface area contributed by atoms with Gasteiger partial charge < -0.3 is 29.0 Å². The van der Waals surface area contributed by atoms with Gasteiger partial charge in [-0.2, -0.15) is 0 Å². The van der Waals surface area contributed by atoms with Crippen LogP contribution in [0.3, 0.4) is 0 Å². The molecule has 0 bridgehead atoms. The molecule has 178 valence electrons. The van der Waals surface area contributed by atoms with E-state index in [2.05, 4.69) is 5.32 Å². The first-order valence-electron chi connectivity index (χ1n) is 9.34. The first-order valence-corrected chi connectivity index (χ1v) is 10.5. The zero-order chi connectivity index (χ0) is 24.1. The number of amides is 2. The Morgan fingerprint density at radius 2 is 1.91 bits per heavy atom. The Hall–Kier alpha value is -1.98. The Kier molecular flexibility index (Phi) is 9.23. The number of benzene rings is 1. The third kappa shape index (κ3) is 7.28. The number of nitrogens with one attached hydrogen (secondary N) is 1. The fraction of sp³-hybridized carbons (Fsp3) is 0.526. The molecule has 0 spiro atoms. The number of anilines is 1. The molecule has 2 N–H and O–H groups in total. The van der Waals surface area contributed by atoms with Crippen LogP contribution in [0.25, 0.3) is 0 Å². The average molecular weight is 514 g/mol. The smallest absolute Gasteiger partial charge is 0.411 e. The molecule has 1 aromatic carbocycles. The predicted molar refractivity (Wildman–Crippen MR) is 117 cm³/mol. The van der Waals surface area contributed by atoms with E-state index in [4.69, 9.17) is 53.8 Å². The molecule has 0 aliphatic carbocycles. The Labute approximate surface area is 199 Å². The van der Waals surface area contributed by atoms with Crippen LogP contribution in [0.1, 0.15) is 23.7 Å². The van der Waals surface area contributed by atoms with Crippen LogP contribution in [0.4, 0.5) is 10.5 Å². The van der Waals surface area contributed by atoms with Crippen molar-refractivity contribution in [2.75, 3.05) is 39.3 Å². The zero-order valence-corrected chi connectivity index (χ0v) is 19.8. The minimum atomic E-state index is -1.84. The van der Waals surface area contributed by atoms with Crippen molar-refractivity contribution >= 4 is 58.5 Å². The molecule has 2 rings (SSSR count). The van der Waals surface area contributed by atoms with E-state index in [0.29, 0.717) is 6.42 Å². The molecule has 0 saturated carbocycles. The summed E-state index contributed by atoms with van der Waals surface area (Å²) >= 11 is 16.8. The van der Waals surface area contributed by atoms with Crippen LogP contribution in [0.15, 0.2) is 12.1 Å². The van der Waals surface area contributed by atoms with Gasteiger partial charge in [0.2, 0.25) is 3.79 Å². The molecule has 1 aromatic rings. The molecular weight excluding hydrogens is 491 g/mol. The SMILES string of the molecule is COC[C@@H]1C[C@H](O)CN1C(=O)c1cc(OC)c(OC(C)=O)cc1NC(=O)OCC(Cl)(Cl)Cl. The summed E-state index contributed by atoms with van der Waals surface area (Å²) in [6.45, 7) is 0.910. The highest BCUT2D eigenvalue weighted by molar-refractivity contribution is 6.67. The number of aliphatic hydroxyl groups excluding tert-OH is 1. The lowest BCUT2D eigenvalue weighted by Crippen LogP contribution is -2.39. The van der Waals surface area contributed by atoms with Crippen molar-refractivity contribution in [3.8, 4) is 11.5 Å². The number of hydrogen-bond acceptors (Lipinski definition) is 8. The van der Waals surface area contributed by atoms with E-state index in [1.165, 1.54) is 38.2 Å². The summed E-state index contributed by atoms with van der Waals surface area (Å²) in [7, 11) is 2.81. The molecule has 1 heterocycles. The van der Waals surface area contributed by atoms with Gasteiger partial charge in [-0.05, 0) is 12.5 Å². The number of methoxy groups -OCH3 is 2. The third-order valence-electron chi connectivity index (χ3n) is 4.40. The van der Waals surface area contributed by atoms with Gasteiger partial charge in [-0.15, -0.1) is 0 Å². The molecule has 1 aliphatic rings. The molecule has 0 radical (unpaired) electrons. The number of halogens is 3. The van der Waals surface area contributed by atoms with E-state index < -0.39 is 34.5 Å². The highest BCUT2D eigenvalue weighted by atomic mass is 35.6. The molecule has 32 heavy (non-hydrogen) atoms. The molecule has 1 fully saturated rings. The van der Waals surface area contributed by atoms with Crippen molar-refractivity contribution in [1.29, 1.82) is 0 Å². The lowest BCUT2D eigenvalue weighted by molar-refractivity contribution is -0.132. The number of rotatable bonds is 7. The molecular formula is C19H23Cl3N2O8. The predicted octanol–water partition coefficient (Wildman–Crippen LogP) is 2.76. The molecule has 10 nitrogen and oxygen atoms in total. The first-order chi connectivity index (χ1) is 14.9. The van der Waals surface area contributed by atoms with Crippen LogP contribution in [0.2, 0.25) is 0 Å². The van der Waals surface area contributed by atoms with Crippen molar-refractivity contribution < 1.29 is 38.4 Å². The molecule has 2 amide bonds. The van der Waals surface area contributed by atoms with Gasteiger partial charge in [0.25, 0.3) is 5.91 Å². The van der Waals surface area contributed by atoms with Crippen molar-refractivity contribution in [3.05, 3.63) is 17.7 Å². The number of β-amino-alcohol motifs (C(OH)–C–C–N with tert-alkyl or cyclic N) is 1. The van der Waals surface area contributed by atoms with Gasteiger partial charge in [-0.3, -0.25) is 14.9 Å². The normalized spacial score (nSPS) is 18.3. The summed E-state index contributed by atoms with van der Waals surface area (Å²) in [4.78, 5) is 38.4. The minimum absolute atomic E-state index is 0.00112. The standard InChI is InChI=1S/C19H23Cl3N2O8/c1-10(25)32-16-6-14(23-18(28)31-9-19(20,21)22)13(5-15(16)30-3)17(27)24-7-12(26)4-11(24)8-29-2/h5-6,11-12,26H,4,7-9H2,1-3H3,(H,23,28)/t11-,12-/m0/s1. The molecule has 0 unspecified atom stereocenters. The Bertz CT molecular complexity index is 862. The van der Waals surface area contributed by atoms with E-state index >= 15 is 0 Å². The van der Waals surface area contributed by atoms with Gasteiger partial charge in [0, 0.05) is 26.6 Å². The van der Waals surface area contributed by atoms with Crippen LogP contribution in [0, 0.1) is 0 Å². The third-order valence-corrected chi connectivity index (χ3v) is 4.73. The second kappa shape index (κ2) is 11.2. The van der Waals surface area contributed by atoms with E-state index in [1.54, 1.807) is 0 Å². The molecule has 0 aromatic heterocycles. The lowest BCUT2D eigenvalue weighted by atomic mass is 10.1. The first kappa shape index (κ1) is 26.3. The second-order valence-corrected chi connectivity index (χ2v) is 9.43. The van der Waals surface area contributed by atoms with Crippen LogP contribution >= 0.6 is 34.8 Å². The quantitative estimate of drug-likeness (QED) is 0.324. The van der Waals surface area contributed by atoms with Crippen molar-refractivity contribution in [3.63, 3.8) is 0 Å². The number of esters is 1. The summed E-state index contributed by atoms with van der Waals surface area (Å²) in [5.41, 5.74) is -0.0438. The summed E-state index contributed by atoms with van der Waals surface area (Å²) in [6, 6.07) is 2.16. The molecule has 2 atom stereocenters. The van der Waals surface area contributed by atoms with Crippen LogP contribution in [-0.2, 0) is 14.3 Å². The van der Waals surface area contributed by atoms with E-state index in [-0.39, 0.29) is 41.9 Å². The van der Waals surface area contributed by atoms with Gasteiger partial charge in [0.1, 0.15) is 6.61 Å². The molecule has 13 heteroatoms. The summed E-state index contributed by atoms with van der Waals surface area (Å²) in [5, 5.41) is 12.4. The van der Waals surface area contributed by atoms with Gasteiger partial charge in [-0.25, -0.2) is 4.79 Å². The van der Waals surface area contributed by atoms with Crippen molar-refractivity contribution in [2.45, 2.75) is 29.3 Å². The number of carbonyl (C=O) groups is 3. The van der Waals surface area contributed by atoms with Gasteiger partial charge in [0.05, 0.1) is 37.1 Å².